The van der Waals surface area contributed by atoms with Crippen LogP contribution in [0.5, 0.6) is 0 Å². The number of carbonyl (C=O) groups is 1. The van der Waals surface area contributed by atoms with Crippen LogP contribution in [0.15, 0.2) is 24.3 Å². The number of benzene rings is 1. The molecule has 0 aliphatic carbocycles. The fraction of sp³-hybridized carbons (Fsp3) is 0.385. The van der Waals surface area contributed by atoms with Crippen LogP contribution in [0.25, 0.3) is 0 Å². The third-order valence-corrected chi connectivity index (χ3v) is 2.60. The molecule has 0 bridgehead atoms. The molecule has 0 saturated carbocycles. The molecule has 90 valence electrons. The first-order valence-electron chi connectivity index (χ1n) is 5.48. The van der Waals surface area contributed by atoms with Crippen LogP contribution < -0.4 is 5.32 Å². The molecule has 0 heterocycles. The third kappa shape index (κ3) is 3.89. The van der Waals surface area contributed by atoms with Gasteiger partial charge in [0.1, 0.15) is 0 Å². The van der Waals surface area contributed by atoms with E-state index in [0.29, 0.717) is 12.1 Å². The van der Waals surface area contributed by atoms with Crippen molar-refractivity contribution in [3.63, 3.8) is 0 Å². The van der Waals surface area contributed by atoms with Gasteiger partial charge in [0.05, 0.1) is 18.2 Å². The van der Waals surface area contributed by atoms with Crippen LogP contribution in [0.4, 0.5) is 0 Å². The summed E-state index contributed by atoms with van der Waals surface area (Å²) in [6.45, 7) is 2.30. The largest absolute Gasteiger partial charge is 0.348 e. The summed E-state index contributed by atoms with van der Waals surface area (Å²) in [7, 11) is 3.47. The molecule has 1 aromatic rings. The van der Waals surface area contributed by atoms with Crippen LogP contribution in [0.1, 0.15) is 24.1 Å². The highest BCUT2D eigenvalue weighted by Gasteiger charge is 2.08. The van der Waals surface area contributed by atoms with Gasteiger partial charge in [-0.05, 0) is 24.6 Å². The Balaban J connectivity index is 2.55. The van der Waals surface area contributed by atoms with Crippen molar-refractivity contribution >= 4 is 5.91 Å². The molecule has 0 saturated heterocycles. The Kier molecular flexibility index (Phi) is 4.68. The smallest absolute Gasteiger partial charge is 0.236 e. The summed E-state index contributed by atoms with van der Waals surface area (Å²) in [6, 6.07) is 9.52. The zero-order valence-corrected chi connectivity index (χ0v) is 10.4. The van der Waals surface area contributed by atoms with Crippen molar-refractivity contribution in [2.45, 2.75) is 13.0 Å². The highest BCUT2D eigenvalue weighted by Crippen LogP contribution is 2.12. The van der Waals surface area contributed by atoms with Crippen molar-refractivity contribution in [3.05, 3.63) is 35.4 Å². The number of hydrogen-bond acceptors (Lipinski definition) is 3. The van der Waals surface area contributed by atoms with Crippen LogP contribution >= 0.6 is 0 Å². The van der Waals surface area contributed by atoms with Gasteiger partial charge in [-0.2, -0.15) is 5.26 Å². The van der Waals surface area contributed by atoms with Crippen LogP contribution in [-0.2, 0) is 4.79 Å². The molecule has 1 aromatic carbocycles. The topological polar surface area (TPSA) is 56.1 Å². The lowest BCUT2D eigenvalue weighted by atomic mass is 10.1. The third-order valence-electron chi connectivity index (χ3n) is 2.60. The summed E-state index contributed by atoms with van der Waals surface area (Å²) in [5.74, 6) is 0.0468. The molecule has 1 amide bonds. The van der Waals surface area contributed by atoms with E-state index >= 15 is 0 Å². The minimum atomic E-state index is 0.0468. The van der Waals surface area contributed by atoms with Gasteiger partial charge in [-0.1, -0.05) is 12.1 Å². The number of likely N-dealkylation sites (N-methyl/N-ethyl adjacent to an activating group) is 1. The lowest BCUT2D eigenvalue weighted by Gasteiger charge is -2.16. The Hall–Kier alpha value is -1.86. The standard InChI is InChI=1S/C13H17N3O/c1-10(15-9-13(17)16(2)3)12-6-4-11(8-14)5-7-12/h4-7,10,15H,9H2,1-3H3. The highest BCUT2D eigenvalue weighted by atomic mass is 16.2. The maximum atomic E-state index is 11.4. The van der Waals surface area contributed by atoms with Gasteiger partial charge in [0.25, 0.3) is 0 Å². The first kappa shape index (κ1) is 13.2. The zero-order chi connectivity index (χ0) is 12.8. The summed E-state index contributed by atoms with van der Waals surface area (Å²) in [4.78, 5) is 13.0. The average molecular weight is 231 g/mol. The summed E-state index contributed by atoms with van der Waals surface area (Å²) in [5.41, 5.74) is 1.71. The Bertz CT molecular complexity index is 417. The molecule has 0 spiro atoms. The van der Waals surface area contributed by atoms with Crippen molar-refractivity contribution in [2.24, 2.45) is 0 Å². The van der Waals surface area contributed by atoms with Crippen LogP contribution in [0.3, 0.4) is 0 Å². The molecule has 1 N–H and O–H groups in total. The van der Waals surface area contributed by atoms with E-state index < -0.39 is 0 Å². The molecule has 0 fully saturated rings. The number of amides is 1. The van der Waals surface area contributed by atoms with Crippen molar-refractivity contribution in [3.8, 4) is 6.07 Å². The van der Waals surface area contributed by atoms with Crippen LogP contribution in [-0.4, -0.2) is 31.4 Å². The highest BCUT2D eigenvalue weighted by molar-refractivity contribution is 5.77. The van der Waals surface area contributed by atoms with E-state index in [-0.39, 0.29) is 11.9 Å². The molecular formula is C13H17N3O. The Morgan fingerprint density at radius 1 is 1.41 bits per heavy atom. The van der Waals surface area contributed by atoms with Gasteiger partial charge in [0, 0.05) is 20.1 Å². The van der Waals surface area contributed by atoms with E-state index in [1.54, 1.807) is 31.1 Å². The summed E-state index contributed by atoms with van der Waals surface area (Å²) in [6.07, 6.45) is 0. The van der Waals surface area contributed by atoms with E-state index in [1.807, 2.05) is 19.1 Å². The van der Waals surface area contributed by atoms with Gasteiger partial charge >= 0.3 is 0 Å². The zero-order valence-electron chi connectivity index (χ0n) is 10.4. The van der Waals surface area contributed by atoms with Crippen molar-refractivity contribution in [2.75, 3.05) is 20.6 Å². The van der Waals surface area contributed by atoms with E-state index in [0.717, 1.165) is 5.56 Å². The lowest BCUT2D eigenvalue weighted by molar-refractivity contribution is -0.127. The van der Waals surface area contributed by atoms with Gasteiger partial charge in [-0.15, -0.1) is 0 Å². The maximum Gasteiger partial charge on any atom is 0.236 e. The number of nitrogens with one attached hydrogen (secondary N) is 1. The molecule has 0 radical (unpaired) electrons. The second-order valence-corrected chi connectivity index (χ2v) is 4.12. The van der Waals surface area contributed by atoms with Crippen LogP contribution in [0, 0.1) is 11.3 Å². The second kappa shape index (κ2) is 6.02. The SMILES string of the molecule is CC(NCC(=O)N(C)C)c1ccc(C#N)cc1. The predicted octanol–water partition coefficient (Wildman–Crippen LogP) is 1.30. The maximum absolute atomic E-state index is 11.4. The van der Waals surface area contributed by atoms with E-state index in [9.17, 15) is 4.79 Å². The minimum absolute atomic E-state index is 0.0468. The van der Waals surface area contributed by atoms with Crippen molar-refractivity contribution in [1.82, 2.24) is 10.2 Å². The van der Waals surface area contributed by atoms with Gasteiger partial charge in [0.15, 0.2) is 0 Å². The normalized spacial score (nSPS) is 11.6. The molecule has 0 aromatic heterocycles. The molecule has 17 heavy (non-hydrogen) atoms. The lowest BCUT2D eigenvalue weighted by Crippen LogP contribution is -2.34. The van der Waals surface area contributed by atoms with E-state index in [2.05, 4.69) is 11.4 Å². The van der Waals surface area contributed by atoms with E-state index in [1.165, 1.54) is 0 Å². The molecule has 0 aliphatic rings. The van der Waals surface area contributed by atoms with Crippen LogP contribution in [0.2, 0.25) is 0 Å². The predicted molar refractivity (Wildman–Crippen MR) is 66.3 cm³/mol. The van der Waals surface area contributed by atoms with Gasteiger partial charge in [-0.3, -0.25) is 4.79 Å². The molecule has 1 rings (SSSR count). The second-order valence-electron chi connectivity index (χ2n) is 4.12. The van der Waals surface area contributed by atoms with Gasteiger partial charge in [0.2, 0.25) is 5.91 Å². The van der Waals surface area contributed by atoms with Crippen molar-refractivity contribution < 1.29 is 4.79 Å². The molecule has 1 atom stereocenters. The summed E-state index contributed by atoms with van der Waals surface area (Å²) < 4.78 is 0. The average Bonchev–Trinajstić information content (AvgIpc) is 2.35. The number of nitrogens with zero attached hydrogens (tertiary/aromatic N) is 2. The Morgan fingerprint density at radius 2 is 2.00 bits per heavy atom. The molecular weight excluding hydrogens is 214 g/mol. The van der Waals surface area contributed by atoms with Gasteiger partial charge in [-0.25, -0.2) is 0 Å². The fourth-order valence-electron chi connectivity index (χ4n) is 1.36. The van der Waals surface area contributed by atoms with E-state index in [4.69, 9.17) is 5.26 Å². The Labute approximate surface area is 102 Å². The molecule has 0 aliphatic heterocycles. The molecule has 4 heteroatoms. The number of carbonyl (C=O) groups excluding carboxylic acids is 1. The summed E-state index contributed by atoms with van der Waals surface area (Å²) >= 11 is 0. The monoisotopic (exact) mass is 231 g/mol. The van der Waals surface area contributed by atoms with Gasteiger partial charge < -0.3 is 10.2 Å². The molecule has 1 unspecified atom stereocenters. The Morgan fingerprint density at radius 3 is 2.47 bits per heavy atom. The first-order chi connectivity index (χ1) is 8.04. The number of nitriles is 1. The minimum Gasteiger partial charge on any atom is -0.348 e. The number of hydrogen-bond donors (Lipinski definition) is 1. The quantitative estimate of drug-likeness (QED) is 0.849. The molecule has 4 nitrogen and oxygen atoms in total. The first-order valence-corrected chi connectivity index (χ1v) is 5.48. The number of rotatable bonds is 4. The van der Waals surface area contributed by atoms with Crippen molar-refractivity contribution in [1.29, 1.82) is 5.26 Å². The summed E-state index contributed by atoms with van der Waals surface area (Å²) in [5, 5.41) is 11.8. The fourth-order valence-corrected chi connectivity index (χ4v) is 1.36.